The van der Waals surface area contributed by atoms with E-state index in [1.165, 1.54) is 0 Å². The number of hydrogen-bond donors (Lipinski definition) is 0. The third kappa shape index (κ3) is 5.64. The van der Waals surface area contributed by atoms with Gasteiger partial charge in [-0.05, 0) is 35.4 Å². The van der Waals surface area contributed by atoms with Crippen molar-refractivity contribution in [3.63, 3.8) is 0 Å². The molecule has 1 atom stereocenters. The molecule has 0 fully saturated rings. The summed E-state index contributed by atoms with van der Waals surface area (Å²) in [6, 6.07) is 11.4. The second-order valence-electron chi connectivity index (χ2n) is 6.07. The molecule has 1 aliphatic rings. The lowest BCUT2D eigenvalue weighted by atomic mass is 9.98. The van der Waals surface area contributed by atoms with Crippen LogP contribution in [-0.4, -0.2) is 29.0 Å². The van der Waals surface area contributed by atoms with Gasteiger partial charge in [0.25, 0.3) is 0 Å². The number of aromatic nitrogens is 1. The summed E-state index contributed by atoms with van der Waals surface area (Å²) >= 11 is -0.470. The molecule has 8 heteroatoms. The summed E-state index contributed by atoms with van der Waals surface area (Å²) in [7, 11) is 1.61. The highest BCUT2D eigenvalue weighted by atomic mass is 32.2. The van der Waals surface area contributed by atoms with Gasteiger partial charge in [-0.2, -0.15) is 13.2 Å². The van der Waals surface area contributed by atoms with Crippen molar-refractivity contribution in [1.29, 1.82) is 0 Å². The predicted octanol–water partition coefficient (Wildman–Crippen LogP) is 5.11. The topological polar surface area (TPSA) is 34.6 Å². The molecule has 0 amide bonds. The number of benzene rings is 1. The van der Waals surface area contributed by atoms with Crippen LogP contribution in [-0.2, 0) is 10.7 Å². The van der Waals surface area contributed by atoms with Crippen molar-refractivity contribution >= 4 is 12.0 Å². The van der Waals surface area contributed by atoms with Gasteiger partial charge in [0.15, 0.2) is 12.0 Å². The van der Waals surface area contributed by atoms with Gasteiger partial charge < -0.3 is 8.92 Å². The van der Waals surface area contributed by atoms with Crippen molar-refractivity contribution in [2.75, 3.05) is 13.7 Å². The molecule has 1 aromatic carbocycles. The van der Waals surface area contributed by atoms with Crippen LogP contribution < -0.4 is 4.74 Å². The fraction of sp³-hybridized carbons (Fsp3) is 0.316. The van der Waals surface area contributed by atoms with E-state index in [2.05, 4.69) is 9.88 Å². The van der Waals surface area contributed by atoms with Gasteiger partial charge in [-0.15, -0.1) is 0 Å². The van der Waals surface area contributed by atoms with E-state index in [4.69, 9.17) is 8.92 Å². The van der Waals surface area contributed by atoms with E-state index in [-0.39, 0.29) is 6.04 Å². The van der Waals surface area contributed by atoms with Crippen molar-refractivity contribution < 1.29 is 22.1 Å². The molecule has 0 saturated carbocycles. The number of rotatable bonds is 6. The first-order valence-electron chi connectivity index (χ1n) is 8.33. The van der Waals surface area contributed by atoms with Gasteiger partial charge in [0.1, 0.15) is 11.5 Å². The van der Waals surface area contributed by atoms with Gasteiger partial charge >= 0.3 is 5.51 Å². The van der Waals surface area contributed by atoms with Crippen LogP contribution in [0.15, 0.2) is 60.6 Å². The monoisotopic (exact) mass is 396 g/mol. The van der Waals surface area contributed by atoms with Gasteiger partial charge in [0, 0.05) is 37.9 Å². The van der Waals surface area contributed by atoms with E-state index in [0.717, 1.165) is 16.9 Å². The third-order valence-electron chi connectivity index (χ3n) is 4.25. The van der Waals surface area contributed by atoms with E-state index in [1.807, 2.05) is 36.4 Å². The van der Waals surface area contributed by atoms with Gasteiger partial charge in [0.2, 0.25) is 0 Å². The minimum absolute atomic E-state index is 0.116. The van der Waals surface area contributed by atoms with Crippen LogP contribution in [0.4, 0.5) is 13.2 Å². The Balaban J connectivity index is 1.76. The zero-order valence-corrected chi connectivity index (χ0v) is 15.5. The maximum Gasteiger partial charge on any atom is 0.479 e. The largest absolute Gasteiger partial charge is 0.497 e. The first-order chi connectivity index (χ1) is 12.9. The van der Waals surface area contributed by atoms with Crippen LogP contribution in [0, 0.1) is 0 Å². The van der Waals surface area contributed by atoms with Gasteiger partial charge in [0.05, 0.1) is 7.11 Å². The minimum atomic E-state index is -4.43. The van der Waals surface area contributed by atoms with Gasteiger partial charge in [-0.1, -0.05) is 18.2 Å². The van der Waals surface area contributed by atoms with E-state index in [0.29, 0.717) is 25.3 Å². The van der Waals surface area contributed by atoms with Crippen LogP contribution in [0.3, 0.4) is 0 Å². The number of alkyl halides is 3. The zero-order valence-electron chi connectivity index (χ0n) is 14.6. The molecular weight excluding hydrogens is 377 g/mol. The summed E-state index contributed by atoms with van der Waals surface area (Å²) in [5, 5.41) is 0. The molecule has 0 radical (unpaired) electrons. The smallest absolute Gasteiger partial charge is 0.479 e. The molecule has 27 heavy (non-hydrogen) atoms. The Bertz CT molecular complexity index is 767. The Morgan fingerprint density at radius 1 is 1.22 bits per heavy atom. The van der Waals surface area contributed by atoms with Crippen molar-refractivity contribution in [1.82, 2.24) is 9.88 Å². The summed E-state index contributed by atoms with van der Waals surface area (Å²) in [6.07, 6.45) is 5.47. The number of halogens is 3. The molecule has 0 bridgehead atoms. The lowest BCUT2D eigenvalue weighted by molar-refractivity contribution is -0.0387. The molecule has 2 aromatic rings. The second kappa shape index (κ2) is 8.67. The first kappa shape index (κ1) is 19.6. The lowest BCUT2D eigenvalue weighted by Crippen LogP contribution is -2.32. The van der Waals surface area contributed by atoms with Crippen LogP contribution in [0.25, 0.3) is 0 Å². The summed E-state index contributed by atoms with van der Waals surface area (Å²) in [5.41, 5.74) is -2.39. The quantitative estimate of drug-likeness (QED) is 0.635. The van der Waals surface area contributed by atoms with Crippen LogP contribution >= 0.6 is 12.0 Å². The molecule has 0 aliphatic carbocycles. The zero-order chi connectivity index (χ0) is 19.3. The third-order valence-corrected chi connectivity index (χ3v) is 4.73. The van der Waals surface area contributed by atoms with Gasteiger partial charge in [-0.25, -0.2) is 0 Å². The van der Waals surface area contributed by atoms with Gasteiger partial charge in [-0.3, -0.25) is 9.88 Å². The molecule has 1 aliphatic heterocycles. The van der Waals surface area contributed by atoms with Crippen molar-refractivity contribution in [3.8, 4) is 5.75 Å². The lowest BCUT2D eigenvalue weighted by Gasteiger charge is -2.35. The number of methoxy groups -OCH3 is 1. The Kier molecular flexibility index (Phi) is 6.28. The molecule has 4 nitrogen and oxygen atoms in total. The molecule has 0 N–H and O–H groups in total. The average Bonchev–Trinajstić information content (AvgIpc) is 2.68. The molecule has 0 saturated heterocycles. The van der Waals surface area contributed by atoms with E-state index >= 15 is 0 Å². The molecule has 0 spiro atoms. The van der Waals surface area contributed by atoms with Crippen molar-refractivity contribution in [2.24, 2.45) is 0 Å². The summed E-state index contributed by atoms with van der Waals surface area (Å²) < 4.78 is 47.4. The summed E-state index contributed by atoms with van der Waals surface area (Å²) in [5.74, 6) is 1.11. The van der Waals surface area contributed by atoms with Crippen LogP contribution in [0.5, 0.6) is 5.75 Å². The Labute approximate surface area is 160 Å². The Morgan fingerprint density at radius 3 is 2.63 bits per heavy atom. The molecule has 2 heterocycles. The fourth-order valence-electron chi connectivity index (χ4n) is 2.96. The maximum absolute atomic E-state index is 12.4. The van der Waals surface area contributed by atoms with E-state index < -0.39 is 17.6 Å². The summed E-state index contributed by atoms with van der Waals surface area (Å²) in [4.78, 5) is 6.33. The fourth-order valence-corrected chi connectivity index (χ4v) is 3.30. The highest BCUT2D eigenvalue weighted by Gasteiger charge is 2.33. The predicted molar refractivity (Wildman–Crippen MR) is 97.8 cm³/mol. The Hall–Kier alpha value is -2.19. The van der Waals surface area contributed by atoms with Crippen LogP contribution in [0.2, 0.25) is 0 Å². The van der Waals surface area contributed by atoms with E-state index in [9.17, 15) is 13.2 Å². The first-order valence-corrected chi connectivity index (χ1v) is 9.07. The highest BCUT2D eigenvalue weighted by Crippen LogP contribution is 2.38. The summed E-state index contributed by atoms with van der Waals surface area (Å²) in [6.45, 7) is 1.14. The molecule has 3 rings (SSSR count). The van der Waals surface area contributed by atoms with E-state index in [1.54, 1.807) is 25.6 Å². The number of ether oxygens (including phenoxy) is 1. The normalized spacial score (nSPS) is 18.1. The molecular formula is C19H19F3N2O2S. The number of pyridine rings is 1. The van der Waals surface area contributed by atoms with Crippen LogP contribution in [0.1, 0.15) is 23.6 Å². The molecule has 1 aromatic heterocycles. The van der Waals surface area contributed by atoms with Crippen molar-refractivity contribution in [3.05, 3.63) is 71.8 Å². The molecule has 1 unspecified atom stereocenters. The second-order valence-corrected chi connectivity index (χ2v) is 6.86. The maximum atomic E-state index is 12.4. The van der Waals surface area contributed by atoms with Crippen molar-refractivity contribution in [2.45, 2.75) is 24.5 Å². The standard InChI is InChI=1S/C19H19F3N2O2S/c1-25-16-6-4-14(5-7-16)13-24-10-8-17(26-27-19(20,21)22)11-18(24)15-3-2-9-23-12-15/h2-9,12,18H,10-11,13H2,1H3. The number of hydrogen-bond acceptors (Lipinski definition) is 5. The highest BCUT2D eigenvalue weighted by molar-refractivity contribution is 7.95. The number of nitrogens with zero attached hydrogens (tertiary/aromatic N) is 2. The molecule has 144 valence electrons. The Morgan fingerprint density at radius 2 is 2.00 bits per heavy atom. The minimum Gasteiger partial charge on any atom is -0.497 e. The average molecular weight is 396 g/mol. The SMILES string of the molecule is COc1ccc(CN2CC=C(OSC(F)(F)F)CC2c2cccnc2)cc1.